The molecule has 0 bridgehead atoms. The second-order valence-electron chi connectivity index (χ2n) is 4.95. The average molecular weight is 264 g/mol. The van der Waals surface area contributed by atoms with E-state index in [1.54, 1.807) is 12.1 Å². The van der Waals surface area contributed by atoms with Crippen molar-refractivity contribution < 1.29 is 9.66 Å². The highest BCUT2D eigenvalue weighted by Crippen LogP contribution is 2.23. The van der Waals surface area contributed by atoms with Crippen LogP contribution in [0.25, 0.3) is 0 Å². The Bertz CT molecular complexity index is 400. The minimum Gasteiger partial charge on any atom is -0.492 e. The zero-order chi connectivity index (χ0) is 13.5. The lowest BCUT2D eigenvalue weighted by Gasteiger charge is -2.11. The number of hydrogen-bond donors (Lipinski definition) is 1. The van der Waals surface area contributed by atoms with Crippen molar-refractivity contribution in [2.45, 2.75) is 25.7 Å². The molecule has 0 amide bonds. The molecule has 0 unspecified atom stereocenters. The molecule has 0 spiro atoms. The van der Waals surface area contributed by atoms with Gasteiger partial charge in [0.15, 0.2) is 0 Å². The lowest BCUT2D eigenvalue weighted by molar-refractivity contribution is -0.384. The molecule has 1 N–H and O–H groups in total. The van der Waals surface area contributed by atoms with Gasteiger partial charge in [0.05, 0.1) is 4.92 Å². The topological polar surface area (TPSA) is 64.4 Å². The van der Waals surface area contributed by atoms with Crippen molar-refractivity contribution in [1.82, 2.24) is 5.32 Å². The summed E-state index contributed by atoms with van der Waals surface area (Å²) in [5.74, 6) is 1.51. The van der Waals surface area contributed by atoms with Gasteiger partial charge in [0.25, 0.3) is 5.69 Å². The van der Waals surface area contributed by atoms with Crippen molar-refractivity contribution in [2.75, 3.05) is 19.7 Å². The van der Waals surface area contributed by atoms with Gasteiger partial charge in [-0.2, -0.15) is 0 Å². The number of nitro groups is 1. The Balaban J connectivity index is 1.61. The van der Waals surface area contributed by atoms with Gasteiger partial charge in [-0.3, -0.25) is 10.1 Å². The summed E-state index contributed by atoms with van der Waals surface area (Å²) in [6.45, 7) is 2.47. The maximum Gasteiger partial charge on any atom is 0.269 e. The first-order chi connectivity index (χ1) is 9.25. The van der Waals surface area contributed by atoms with E-state index in [0.29, 0.717) is 12.4 Å². The van der Waals surface area contributed by atoms with Crippen LogP contribution in [0.2, 0.25) is 0 Å². The van der Waals surface area contributed by atoms with Crippen LogP contribution in [0, 0.1) is 16.0 Å². The molecule has 0 radical (unpaired) electrons. The fraction of sp³-hybridized carbons (Fsp3) is 0.571. The van der Waals surface area contributed by atoms with Crippen LogP contribution in [0.4, 0.5) is 5.69 Å². The van der Waals surface area contributed by atoms with Crippen LogP contribution in [0.15, 0.2) is 24.3 Å². The number of benzene rings is 1. The summed E-state index contributed by atoms with van der Waals surface area (Å²) in [6.07, 6.45) is 5.42. The van der Waals surface area contributed by atoms with Gasteiger partial charge in [0.1, 0.15) is 12.4 Å². The van der Waals surface area contributed by atoms with E-state index in [9.17, 15) is 10.1 Å². The molecular formula is C14H20N2O3. The first kappa shape index (κ1) is 13.8. The van der Waals surface area contributed by atoms with Gasteiger partial charge in [-0.25, -0.2) is 0 Å². The Morgan fingerprint density at radius 3 is 2.58 bits per heavy atom. The first-order valence-corrected chi connectivity index (χ1v) is 6.83. The van der Waals surface area contributed by atoms with Gasteiger partial charge in [-0.05, 0) is 37.4 Å². The highest BCUT2D eigenvalue weighted by atomic mass is 16.6. The SMILES string of the molecule is O=[N+]([O-])c1ccc(OCCNCC2CCCC2)cc1. The first-order valence-electron chi connectivity index (χ1n) is 6.83. The number of ether oxygens (including phenoxy) is 1. The van der Waals surface area contributed by atoms with E-state index in [1.165, 1.54) is 37.8 Å². The molecule has 0 atom stereocenters. The summed E-state index contributed by atoms with van der Waals surface area (Å²) in [5.41, 5.74) is 0.0895. The number of nitrogens with one attached hydrogen (secondary N) is 1. The molecule has 5 nitrogen and oxygen atoms in total. The molecule has 1 aromatic carbocycles. The molecular weight excluding hydrogens is 244 g/mol. The molecule has 5 heteroatoms. The van der Waals surface area contributed by atoms with E-state index in [0.717, 1.165) is 19.0 Å². The van der Waals surface area contributed by atoms with Gasteiger partial charge in [-0.15, -0.1) is 0 Å². The predicted octanol–water partition coefficient (Wildman–Crippen LogP) is 2.75. The molecule has 19 heavy (non-hydrogen) atoms. The third-order valence-corrected chi connectivity index (χ3v) is 3.50. The average Bonchev–Trinajstić information content (AvgIpc) is 2.92. The van der Waals surface area contributed by atoms with E-state index in [2.05, 4.69) is 5.32 Å². The van der Waals surface area contributed by atoms with Crippen LogP contribution in [0.3, 0.4) is 0 Å². The zero-order valence-corrected chi connectivity index (χ0v) is 11.0. The fourth-order valence-electron chi connectivity index (χ4n) is 2.43. The lowest BCUT2D eigenvalue weighted by atomic mass is 10.1. The van der Waals surface area contributed by atoms with Gasteiger partial charge in [-0.1, -0.05) is 12.8 Å². The highest BCUT2D eigenvalue weighted by molar-refractivity contribution is 5.35. The molecule has 1 aromatic rings. The van der Waals surface area contributed by atoms with E-state index < -0.39 is 4.92 Å². The third kappa shape index (κ3) is 4.52. The van der Waals surface area contributed by atoms with Crippen molar-refractivity contribution in [3.05, 3.63) is 34.4 Å². The quantitative estimate of drug-likeness (QED) is 0.467. The fourth-order valence-corrected chi connectivity index (χ4v) is 2.43. The minimum absolute atomic E-state index is 0.0895. The third-order valence-electron chi connectivity index (χ3n) is 3.50. The summed E-state index contributed by atoms with van der Waals surface area (Å²) in [4.78, 5) is 10.1. The number of rotatable bonds is 7. The maximum absolute atomic E-state index is 10.5. The second kappa shape index (κ2) is 7.09. The van der Waals surface area contributed by atoms with Gasteiger partial charge < -0.3 is 10.1 Å². The largest absolute Gasteiger partial charge is 0.492 e. The maximum atomic E-state index is 10.5. The molecule has 0 saturated heterocycles. The Morgan fingerprint density at radius 2 is 1.95 bits per heavy atom. The van der Waals surface area contributed by atoms with Crippen molar-refractivity contribution in [3.8, 4) is 5.75 Å². The van der Waals surface area contributed by atoms with Crippen LogP contribution >= 0.6 is 0 Å². The van der Waals surface area contributed by atoms with Gasteiger partial charge in [0, 0.05) is 18.7 Å². The van der Waals surface area contributed by atoms with Crippen molar-refractivity contribution in [3.63, 3.8) is 0 Å². The summed E-state index contributed by atoms with van der Waals surface area (Å²) in [7, 11) is 0. The van der Waals surface area contributed by atoms with E-state index in [4.69, 9.17) is 4.74 Å². The summed E-state index contributed by atoms with van der Waals surface area (Å²) >= 11 is 0. The normalized spacial score (nSPS) is 15.6. The van der Waals surface area contributed by atoms with Crippen LogP contribution in [0.5, 0.6) is 5.75 Å². The zero-order valence-electron chi connectivity index (χ0n) is 11.0. The van der Waals surface area contributed by atoms with Crippen molar-refractivity contribution in [2.24, 2.45) is 5.92 Å². The molecule has 2 rings (SSSR count). The standard InChI is InChI=1S/C14H20N2O3/c17-16(18)13-5-7-14(8-6-13)19-10-9-15-11-12-3-1-2-4-12/h5-8,12,15H,1-4,9-11H2. The Morgan fingerprint density at radius 1 is 1.26 bits per heavy atom. The smallest absolute Gasteiger partial charge is 0.269 e. The Hall–Kier alpha value is -1.62. The highest BCUT2D eigenvalue weighted by Gasteiger charge is 2.13. The Kier molecular flexibility index (Phi) is 5.15. The summed E-state index contributed by atoms with van der Waals surface area (Å²) in [6, 6.07) is 6.19. The summed E-state index contributed by atoms with van der Waals surface area (Å²) in [5, 5.41) is 13.9. The molecule has 1 aliphatic rings. The molecule has 1 fully saturated rings. The Labute approximate surface area is 113 Å². The van der Waals surface area contributed by atoms with Crippen LogP contribution in [-0.4, -0.2) is 24.6 Å². The molecule has 1 aliphatic carbocycles. The number of nitro benzene ring substituents is 1. The minimum atomic E-state index is -0.410. The predicted molar refractivity (Wildman–Crippen MR) is 73.4 cm³/mol. The molecule has 0 aromatic heterocycles. The summed E-state index contributed by atoms with van der Waals surface area (Å²) < 4.78 is 5.52. The van der Waals surface area contributed by atoms with E-state index in [1.807, 2.05) is 0 Å². The van der Waals surface area contributed by atoms with E-state index in [-0.39, 0.29) is 5.69 Å². The van der Waals surface area contributed by atoms with Crippen LogP contribution in [0.1, 0.15) is 25.7 Å². The van der Waals surface area contributed by atoms with Gasteiger partial charge >= 0.3 is 0 Å². The monoisotopic (exact) mass is 264 g/mol. The molecule has 1 saturated carbocycles. The number of non-ortho nitro benzene ring substituents is 1. The number of hydrogen-bond acceptors (Lipinski definition) is 4. The van der Waals surface area contributed by atoms with Crippen LogP contribution < -0.4 is 10.1 Å². The van der Waals surface area contributed by atoms with Gasteiger partial charge in [0.2, 0.25) is 0 Å². The second-order valence-corrected chi connectivity index (χ2v) is 4.95. The van der Waals surface area contributed by atoms with E-state index >= 15 is 0 Å². The van der Waals surface area contributed by atoms with Crippen LogP contribution in [-0.2, 0) is 0 Å². The molecule has 0 aliphatic heterocycles. The lowest BCUT2D eigenvalue weighted by Crippen LogP contribution is -2.26. The number of nitrogens with zero attached hydrogens (tertiary/aromatic N) is 1. The molecule has 0 heterocycles. The van der Waals surface area contributed by atoms with Crippen molar-refractivity contribution in [1.29, 1.82) is 0 Å². The molecule has 104 valence electrons. The van der Waals surface area contributed by atoms with Crippen molar-refractivity contribution >= 4 is 5.69 Å².